The number of benzene rings is 2. The fourth-order valence-corrected chi connectivity index (χ4v) is 4.75. The third-order valence-corrected chi connectivity index (χ3v) is 6.90. The Morgan fingerprint density at radius 3 is 2.05 bits per heavy atom. The van der Waals surface area contributed by atoms with E-state index in [0.717, 1.165) is 54.0 Å². The topological polar surface area (TPSA) is 73.8 Å². The molecule has 0 spiro atoms. The van der Waals surface area contributed by atoms with E-state index in [1.807, 2.05) is 112 Å². The molecule has 41 heavy (non-hydrogen) atoms. The molecule has 0 amide bonds. The Morgan fingerprint density at radius 1 is 0.829 bits per heavy atom. The van der Waals surface area contributed by atoms with E-state index in [1.54, 1.807) is 0 Å². The van der Waals surface area contributed by atoms with Crippen molar-refractivity contribution in [1.29, 1.82) is 0 Å². The molecular weight excluding hydrogens is 514 g/mol. The van der Waals surface area contributed by atoms with Gasteiger partial charge in [0.15, 0.2) is 0 Å². The largest absolute Gasteiger partial charge is 0.473 e. The van der Waals surface area contributed by atoms with Crippen LogP contribution >= 0.6 is 0 Å². The van der Waals surface area contributed by atoms with Gasteiger partial charge in [-0.2, -0.15) is 4.98 Å². The smallest absolute Gasteiger partial charge is 0.309 e. The lowest BCUT2D eigenvalue weighted by atomic mass is 9.96. The molecule has 2 aromatic heterocycles. The first kappa shape index (κ1) is 28.1. The van der Waals surface area contributed by atoms with Gasteiger partial charge in [-0.15, -0.1) is 0 Å². The minimum Gasteiger partial charge on any atom is -0.473 e. The monoisotopic (exact) mass is 551 g/mol. The molecule has 0 saturated carbocycles. The average molecular weight is 552 g/mol. The lowest BCUT2D eigenvalue weighted by molar-refractivity contribution is -0.160. The van der Waals surface area contributed by atoms with Crippen molar-refractivity contribution >= 4 is 11.8 Å². The Labute approximate surface area is 242 Å². The molecule has 1 saturated heterocycles. The summed E-state index contributed by atoms with van der Waals surface area (Å²) in [5, 5.41) is 0. The second kappa shape index (κ2) is 12.9. The van der Waals surface area contributed by atoms with Gasteiger partial charge < -0.3 is 19.1 Å². The predicted molar refractivity (Wildman–Crippen MR) is 160 cm³/mol. The Morgan fingerprint density at radius 2 is 1.46 bits per heavy atom. The summed E-state index contributed by atoms with van der Waals surface area (Å²) in [5.74, 6) is 1.71. The SMILES string of the molecule is CC(C)(C)OC(=O)C1CCN(c2ccc(-c3ccc(OCc4ccccc4)nc3OCc3ccccc3)cn2)CC1. The van der Waals surface area contributed by atoms with Crippen LogP contribution in [0.2, 0.25) is 0 Å². The van der Waals surface area contributed by atoms with E-state index in [2.05, 4.69) is 4.90 Å². The quantitative estimate of drug-likeness (QED) is 0.210. The number of nitrogens with zero attached hydrogens (tertiary/aromatic N) is 3. The molecule has 1 fully saturated rings. The molecule has 212 valence electrons. The van der Waals surface area contributed by atoms with Crippen molar-refractivity contribution in [2.75, 3.05) is 18.0 Å². The summed E-state index contributed by atoms with van der Waals surface area (Å²) >= 11 is 0. The second-order valence-electron chi connectivity index (χ2n) is 11.3. The fraction of sp³-hybridized carbons (Fsp3) is 0.324. The van der Waals surface area contributed by atoms with E-state index < -0.39 is 5.60 Å². The molecule has 0 N–H and O–H groups in total. The van der Waals surface area contributed by atoms with E-state index in [-0.39, 0.29) is 11.9 Å². The Bertz CT molecular complexity index is 1410. The fourth-order valence-electron chi connectivity index (χ4n) is 4.75. The number of anilines is 1. The van der Waals surface area contributed by atoms with Crippen LogP contribution in [0, 0.1) is 5.92 Å². The van der Waals surface area contributed by atoms with Crippen LogP contribution < -0.4 is 14.4 Å². The summed E-state index contributed by atoms with van der Waals surface area (Å²) in [4.78, 5) is 24.2. The van der Waals surface area contributed by atoms with Gasteiger partial charge in [-0.05, 0) is 62.9 Å². The maximum atomic E-state index is 12.5. The van der Waals surface area contributed by atoms with Crippen LogP contribution in [-0.2, 0) is 22.7 Å². The summed E-state index contributed by atoms with van der Waals surface area (Å²) in [6, 6.07) is 27.9. The van der Waals surface area contributed by atoms with Gasteiger partial charge in [0.05, 0.1) is 5.92 Å². The molecule has 5 rings (SSSR count). The van der Waals surface area contributed by atoms with Crippen LogP contribution in [0.1, 0.15) is 44.7 Å². The number of rotatable bonds is 9. The van der Waals surface area contributed by atoms with Gasteiger partial charge in [0.1, 0.15) is 24.6 Å². The molecule has 0 bridgehead atoms. The number of esters is 1. The van der Waals surface area contributed by atoms with Crippen molar-refractivity contribution in [1.82, 2.24) is 9.97 Å². The second-order valence-corrected chi connectivity index (χ2v) is 11.3. The molecule has 7 nitrogen and oxygen atoms in total. The molecule has 0 aliphatic carbocycles. The lowest BCUT2D eigenvalue weighted by Crippen LogP contribution is -2.39. The highest BCUT2D eigenvalue weighted by Crippen LogP contribution is 2.32. The van der Waals surface area contributed by atoms with Crippen molar-refractivity contribution in [2.24, 2.45) is 5.92 Å². The lowest BCUT2D eigenvalue weighted by Gasteiger charge is -2.33. The van der Waals surface area contributed by atoms with Crippen LogP contribution in [0.25, 0.3) is 11.1 Å². The van der Waals surface area contributed by atoms with Crippen molar-refractivity contribution in [3.63, 3.8) is 0 Å². The highest BCUT2D eigenvalue weighted by molar-refractivity contribution is 5.73. The van der Waals surface area contributed by atoms with Crippen LogP contribution in [-0.4, -0.2) is 34.6 Å². The number of carbonyl (C=O) groups is 1. The minimum atomic E-state index is -0.462. The Hall–Kier alpha value is -4.39. The first-order chi connectivity index (χ1) is 19.8. The molecule has 1 aliphatic rings. The van der Waals surface area contributed by atoms with Crippen molar-refractivity contribution in [3.05, 3.63) is 102 Å². The van der Waals surface area contributed by atoms with E-state index in [0.29, 0.717) is 25.0 Å². The van der Waals surface area contributed by atoms with Gasteiger partial charge in [0, 0.05) is 36.5 Å². The number of aromatic nitrogens is 2. The molecule has 1 aliphatic heterocycles. The van der Waals surface area contributed by atoms with E-state index >= 15 is 0 Å². The molecular formula is C34H37N3O4. The van der Waals surface area contributed by atoms with Crippen LogP contribution in [0.4, 0.5) is 5.82 Å². The van der Waals surface area contributed by atoms with Gasteiger partial charge >= 0.3 is 5.97 Å². The Balaban J connectivity index is 1.29. The maximum absolute atomic E-state index is 12.5. The molecule has 0 unspecified atom stereocenters. The van der Waals surface area contributed by atoms with E-state index in [1.165, 1.54) is 0 Å². The predicted octanol–water partition coefficient (Wildman–Crippen LogP) is 6.86. The first-order valence-corrected chi connectivity index (χ1v) is 14.1. The standard InChI is InChI=1S/C34H37N3O4/c1-34(2,3)41-33(38)27-18-20-37(21-19-27)30-16-14-28(22-35-30)29-15-17-31(39-23-25-10-6-4-7-11-25)36-32(29)40-24-26-12-8-5-9-13-26/h4-17,22,27H,18-21,23-24H2,1-3H3. The molecule has 4 aromatic rings. The summed E-state index contributed by atoms with van der Waals surface area (Å²) in [6.45, 7) is 8.06. The van der Waals surface area contributed by atoms with Crippen LogP contribution in [0.5, 0.6) is 11.8 Å². The number of hydrogen-bond acceptors (Lipinski definition) is 7. The maximum Gasteiger partial charge on any atom is 0.309 e. The third kappa shape index (κ3) is 7.84. The number of ether oxygens (including phenoxy) is 3. The zero-order chi connectivity index (χ0) is 28.7. The van der Waals surface area contributed by atoms with Crippen molar-refractivity contribution < 1.29 is 19.0 Å². The molecule has 2 aromatic carbocycles. The molecule has 0 radical (unpaired) electrons. The zero-order valence-electron chi connectivity index (χ0n) is 24.0. The van der Waals surface area contributed by atoms with Gasteiger partial charge in [0.2, 0.25) is 11.8 Å². The summed E-state index contributed by atoms with van der Waals surface area (Å²) in [6.07, 6.45) is 3.36. The van der Waals surface area contributed by atoms with E-state index in [4.69, 9.17) is 24.2 Å². The summed E-state index contributed by atoms with van der Waals surface area (Å²) in [5.41, 5.74) is 3.41. The first-order valence-electron chi connectivity index (χ1n) is 14.1. The normalized spacial score (nSPS) is 14.0. The zero-order valence-corrected chi connectivity index (χ0v) is 24.0. The van der Waals surface area contributed by atoms with Crippen molar-refractivity contribution in [3.8, 4) is 22.9 Å². The summed E-state index contributed by atoms with van der Waals surface area (Å²) in [7, 11) is 0. The van der Waals surface area contributed by atoms with Gasteiger partial charge in [0.25, 0.3) is 0 Å². The molecule has 3 heterocycles. The molecule has 7 heteroatoms. The van der Waals surface area contributed by atoms with Gasteiger partial charge in [-0.25, -0.2) is 4.98 Å². The molecule has 0 atom stereocenters. The number of carbonyl (C=O) groups excluding carboxylic acids is 1. The highest BCUT2D eigenvalue weighted by Gasteiger charge is 2.29. The van der Waals surface area contributed by atoms with Gasteiger partial charge in [-0.1, -0.05) is 60.7 Å². The van der Waals surface area contributed by atoms with Crippen LogP contribution in [0.3, 0.4) is 0 Å². The van der Waals surface area contributed by atoms with Gasteiger partial charge in [-0.3, -0.25) is 4.79 Å². The number of pyridine rings is 2. The number of hydrogen-bond donors (Lipinski definition) is 0. The van der Waals surface area contributed by atoms with Crippen LogP contribution in [0.15, 0.2) is 91.1 Å². The Kier molecular flexibility index (Phi) is 8.82. The average Bonchev–Trinajstić information content (AvgIpc) is 2.99. The minimum absolute atomic E-state index is 0.0669. The third-order valence-electron chi connectivity index (χ3n) is 6.90. The highest BCUT2D eigenvalue weighted by atomic mass is 16.6. The van der Waals surface area contributed by atoms with E-state index in [9.17, 15) is 4.79 Å². The summed E-state index contributed by atoms with van der Waals surface area (Å²) < 4.78 is 17.8. The number of piperidine rings is 1. The van der Waals surface area contributed by atoms with Crippen molar-refractivity contribution in [2.45, 2.75) is 52.4 Å².